The van der Waals surface area contributed by atoms with E-state index in [1.807, 2.05) is 36.4 Å². The number of fused-ring (bicyclic) bond motifs is 1. The van der Waals surface area contributed by atoms with Crippen LogP contribution in [0.25, 0.3) is 22.0 Å². The number of aromatic nitrogens is 1. The van der Waals surface area contributed by atoms with Gasteiger partial charge in [-0.2, -0.15) is 0 Å². The zero-order chi connectivity index (χ0) is 18.0. The maximum Gasteiger partial charge on any atom is 0.217 e. The predicted molar refractivity (Wildman–Crippen MR) is 102 cm³/mol. The number of hydrogen-bond acceptors (Lipinski definition) is 2. The van der Waals surface area contributed by atoms with Gasteiger partial charge in [0, 0.05) is 28.3 Å². The standard InChI is InChI=1S/C21H21ClFNO/c1-13(2)18(12-22)16-9-10-20(24-21(16)25-3)15-8-7-14-5-4-6-19(23)17(14)11-15/h4-11,13,18H,12H2,1-3H3. The van der Waals surface area contributed by atoms with Crippen molar-refractivity contribution in [2.45, 2.75) is 19.8 Å². The van der Waals surface area contributed by atoms with Crippen LogP contribution in [0.15, 0.2) is 48.5 Å². The summed E-state index contributed by atoms with van der Waals surface area (Å²) in [6.07, 6.45) is 0. The Morgan fingerprint density at radius 2 is 1.92 bits per heavy atom. The zero-order valence-corrected chi connectivity index (χ0v) is 15.3. The molecule has 1 aromatic heterocycles. The van der Waals surface area contributed by atoms with Crippen LogP contribution in [-0.2, 0) is 0 Å². The maximum atomic E-state index is 14.1. The third-order valence-corrected chi connectivity index (χ3v) is 4.91. The smallest absolute Gasteiger partial charge is 0.217 e. The Balaban J connectivity index is 2.08. The highest BCUT2D eigenvalue weighted by molar-refractivity contribution is 6.18. The number of rotatable bonds is 5. The van der Waals surface area contributed by atoms with Crippen LogP contribution in [0.3, 0.4) is 0 Å². The number of alkyl halides is 1. The lowest BCUT2D eigenvalue weighted by molar-refractivity contribution is 0.383. The van der Waals surface area contributed by atoms with E-state index in [9.17, 15) is 4.39 Å². The van der Waals surface area contributed by atoms with Crippen LogP contribution in [-0.4, -0.2) is 18.0 Å². The van der Waals surface area contributed by atoms with E-state index in [1.165, 1.54) is 6.07 Å². The molecule has 0 amide bonds. The Kier molecular flexibility index (Phi) is 5.24. The first-order valence-corrected chi connectivity index (χ1v) is 8.88. The van der Waals surface area contributed by atoms with Gasteiger partial charge < -0.3 is 4.74 Å². The first-order chi connectivity index (χ1) is 12.0. The molecule has 25 heavy (non-hydrogen) atoms. The van der Waals surface area contributed by atoms with Gasteiger partial charge in [-0.15, -0.1) is 11.6 Å². The van der Waals surface area contributed by atoms with E-state index < -0.39 is 0 Å². The van der Waals surface area contributed by atoms with E-state index in [0.717, 1.165) is 22.2 Å². The molecule has 0 radical (unpaired) electrons. The van der Waals surface area contributed by atoms with Gasteiger partial charge >= 0.3 is 0 Å². The van der Waals surface area contributed by atoms with Crippen LogP contribution in [0.2, 0.25) is 0 Å². The minimum absolute atomic E-state index is 0.173. The summed E-state index contributed by atoms with van der Waals surface area (Å²) in [6, 6.07) is 14.7. The summed E-state index contributed by atoms with van der Waals surface area (Å²) >= 11 is 6.14. The average Bonchev–Trinajstić information content (AvgIpc) is 2.62. The molecule has 1 atom stereocenters. The second-order valence-electron chi connectivity index (χ2n) is 6.48. The fourth-order valence-electron chi connectivity index (χ4n) is 3.07. The summed E-state index contributed by atoms with van der Waals surface area (Å²) in [7, 11) is 1.61. The zero-order valence-electron chi connectivity index (χ0n) is 14.6. The molecule has 0 aliphatic heterocycles. The van der Waals surface area contributed by atoms with Crippen LogP contribution >= 0.6 is 11.6 Å². The average molecular weight is 358 g/mol. The molecule has 3 aromatic rings. The van der Waals surface area contributed by atoms with Crippen LogP contribution in [0.1, 0.15) is 25.3 Å². The molecule has 3 rings (SSSR count). The molecular formula is C21H21ClFNO. The first-order valence-electron chi connectivity index (χ1n) is 8.34. The maximum absolute atomic E-state index is 14.1. The van der Waals surface area contributed by atoms with Crippen molar-refractivity contribution in [2.75, 3.05) is 13.0 Å². The molecule has 0 fully saturated rings. The number of halogens is 2. The van der Waals surface area contributed by atoms with Gasteiger partial charge in [0.25, 0.3) is 0 Å². The Morgan fingerprint density at radius 3 is 2.60 bits per heavy atom. The Bertz CT molecular complexity index is 894. The molecule has 130 valence electrons. The number of benzene rings is 2. The van der Waals surface area contributed by atoms with Crippen LogP contribution in [0.4, 0.5) is 4.39 Å². The van der Waals surface area contributed by atoms with Gasteiger partial charge in [0.2, 0.25) is 5.88 Å². The van der Waals surface area contributed by atoms with E-state index in [2.05, 4.69) is 18.8 Å². The van der Waals surface area contributed by atoms with Crippen molar-refractivity contribution >= 4 is 22.4 Å². The van der Waals surface area contributed by atoms with Gasteiger partial charge in [-0.05, 0) is 29.5 Å². The third-order valence-electron chi connectivity index (χ3n) is 4.58. The molecule has 0 N–H and O–H groups in total. The van der Waals surface area contributed by atoms with Crippen molar-refractivity contribution < 1.29 is 9.13 Å². The monoisotopic (exact) mass is 357 g/mol. The second kappa shape index (κ2) is 7.40. The van der Waals surface area contributed by atoms with Crippen molar-refractivity contribution in [2.24, 2.45) is 5.92 Å². The van der Waals surface area contributed by atoms with Crippen molar-refractivity contribution in [3.63, 3.8) is 0 Å². The first kappa shape index (κ1) is 17.7. The van der Waals surface area contributed by atoms with Crippen LogP contribution < -0.4 is 4.74 Å². The number of pyridine rings is 1. The number of ether oxygens (including phenoxy) is 1. The summed E-state index contributed by atoms with van der Waals surface area (Å²) in [5.74, 6) is 1.41. The molecule has 1 heterocycles. The van der Waals surface area contributed by atoms with E-state index in [4.69, 9.17) is 16.3 Å². The summed E-state index contributed by atoms with van der Waals surface area (Å²) < 4.78 is 19.6. The SMILES string of the molecule is COc1nc(-c2ccc3cccc(F)c3c2)ccc1C(CCl)C(C)C. The largest absolute Gasteiger partial charge is 0.481 e. The minimum Gasteiger partial charge on any atom is -0.481 e. The summed E-state index contributed by atoms with van der Waals surface area (Å²) in [5.41, 5.74) is 2.61. The third kappa shape index (κ3) is 3.47. The normalized spacial score (nSPS) is 12.6. The number of hydrogen-bond donors (Lipinski definition) is 0. The second-order valence-corrected chi connectivity index (χ2v) is 6.78. The molecule has 0 aliphatic rings. The molecule has 0 saturated heterocycles. The summed E-state index contributed by atoms with van der Waals surface area (Å²) in [6.45, 7) is 4.26. The van der Waals surface area contributed by atoms with Crippen molar-refractivity contribution in [3.05, 3.63) is 59.9 Å². The van der Waals surface area contributed by atoms with Crippen molar-refractivity contribution in [3.8, 4) is 17.1 Å². The molecule has 1 unspecified atom stereocenters. The number of nitrogens with zero attached hydrogens (tertiary/aromatic N) is 1. The fraction of sp³-hybridized carbons (Fsp3) is 0.286. The predicted octanol–water partition coefficient (Wildman–Crippen LogP) is 6.03. The van der Waals surface area contributed by atoms with Crippen molar-refractivity contribution in [1.29, 1.82) is 0 Å². The van der Waals surface area contributed by atoms with Gasteiger partial charge in [0.05, 0.1) is 12.8 Å². The van der Waals surface area contributed by atoms with E-state index >= 15 is 0 Å². The summed E-state index contributed by atoms with van der Waals surface area (Å²) in [4.78, 5) is 4.65. The lowest BCUT2D eigenvalue weighted by Crippen LogP contribution is -2.11. The molecular weight excluding hydrogens is 337 g/mol. The molecule has 0 spiro atoms. The Morgan fingerprint density at radius 1 is 1.12 bits per heavy atom. The van der Waals surface area contributed by atoms with E-state index in [1.54, 1.807) is 13.2 Å². The highest BCUT2D eigenvalue weighted by atomic mass is 35.5. The van der Waals surface area contributed by atoms with Crippen molar-refractivity contribution in [1.82, 2.24) is 4.98 Å². The minimum atomic E-state index is -0.232. The highest BCUT2D eigenvalue weighted by Crippen LogP contribution is 2.34. The lowest BCUT2D eigenvalue weighted by atomic mass is 9.90. The quantitative estimate of drug-likeness (QED) is 0.520. The lowest BCUT2D eigenvalue weighted by Gasteiger charge is -2.20. The van der Waals surface area contributed by atoms with Crippen LogP contribution in [0.5, 0.6) is 5.88 Å². The van der Waals surface area contributed by atoms with Crippen LogP contribution in [0, 0.1) is 11.7 Å². The number of methoxy groups -OCH3 is 1. The Hall–Kier alpha value is -2.13. The molecule has 4 heteroatoms. The van der Waals surface area contributed by atoms with Gasteiger partial charge in [0.1, 0.15) is 5.82 Å². The summed E-state index contributed by atoms with van der Waals surface area (Å²) in [5, 5.41) is 1.46. The molecule has 0 aliphatic carbocycles. The fourth-order valence-corrected chi connectivity index (χ4v) is 3.59. The highest BCUT2D eigenvalue weighted by Gasteiger charge is 2.20. The topological polar surface area (TPSA) is 22.1 Å². The van der Waals surface area contributed by atoms with Gasteiger partial charge in [-0.3, -0.25) is 0 Å². The van der Waals surface area contributed by atoms with Gasteiger partial charge in [0.15, 0.2) is 0 Å². The van der Waals surface area contributed by atoms with Gasteiger partial charge in [-0.25, -0.2) is 9.37 Å². The van der Waals surface area contributed by atoms with E-state index in [-0.39, 0.29) is 11.7 Å². The molecule has 2 nitrogen and oxygen atoms in total. The molecule has 0 bridgehead atoms. The molecule has 2 aromatic carbocycles. The van der Waals surface area contributed by atoms with E-state index in [0.29, 0.717) is 23.1 Å². The molecule has 0 saturated carbocycles. The van der Waals surface area contributed by atoms with Gasteiger partial charge in [-0.1, -0.05) is 44.2 Å². The Labute approximate surface area is 152 Å².